The number of pyridine rings is 1. The van der Waals surface area contributed by atoms with Gasteiger partial charge in [0.2, 0.25) is 0 Å². The van der Waals surface area contributed by atoms with Crippen LogP contribution >= 0.6 is 0 Å². The van der Waals surface area contributed by atoms with Crippen LogP contribution in [-0.2, 0) is 6.42 Å². The van der Waals surface area contributed by atoms with Crippen LogP contribution in [-0.4, -0.2) is 27.5 Å². The van der Waals surface area contributed by atoms with E-state index in [1.807, 2.05) is 41.5 Å². The fourth-order valence-electron chi connectivity index (χ4n) is 3.02. The summed E-state index contributed by atoms with van der Waals surface area (Å²) in [5.74, 6) is -1.13. The number of nitrogens with one attached hydrogen (secondary N) is 3. The predicted molar refractivity (Wildman–Crippen MR) is 115 cm³/mol. The van der Waals surface area contributed by atoms with Crippen LogP contribution in [0.1, 0.15) is 54.9 Å². The molecule has 3 rings (SSSR count). The highest BCUT2D eigenvalue weighted by Crippen LogP contribution is 2.27. The van der Waals surface area contributed by atoms with Gasteiger partial charge in [0.05, 0.1) is 11.1 Å². The number of halogens is 1. The smallest absolute Gasteiger partial charge is 0.251 e. The summed E-state index contributed by atoms with van der Waals surface area (Å²) in [6.07, 6.45) is 0.511. The third-order valence-electron chi connectivity index (χ3n) is 4.18. The number of hydrogen-bond acceptors (Lipinski definition) is 3. The van der Waals surface area contributed by atoms with Crippen LogP contribution in [0.2, 0.25) is 0 Å². The first-order valence-corrected chi connectivity index (χ1v) is 9.84. The molecule has 0 saturated carbocycles. The van der Waals surface area contributed by atoms with E-state index in [9.17, 15) is 19.1 Å². The van der Waals surface area contributed by atoms with E-state index >= 15 is 0 Å². The molecule has 0 unspecified atom stereocenters. The van der Waals surface area contributed by atoms with Gasteiger partial charge in [-0.25, -0.2) is 4.39 Å². The zero-order valence-electron chi connectivity index (χ0n) is 17.9. The highest BCUT2D eigenvalue weighted by molar-refractivity contribution is 5.94. The number of hydrogen-bond donors (Lipinski definition) is 4. The summed E-state index contributed by atoms with van der Waals surface area (Å²) in [6, 6.07) is 5.46. The van der Waals surface area contributed by atoms with E-state index in [0.717, 1.165) is 28.3 Å². The van der Waals surface area contributed by atoms with E-state index in [4.69, 9.17) is 0 Å². The normalized spacial score (nSPS) is 9.90. The van der Waals surface area contributed by atoms with Crippen molar-refractivity contribution in [2.75, 3.05) is 6.54 Å². The lowest BCUT2D eigenvalue weighted by Crippen LogP contribution is -2.27. The molecule has 1 aromatic carbocycles. The second-order valence-electron chi connectivity index (χ2n) is 5.97. The molecule has 29 heavy (non-hydrogen) atoms. The molecule has 0 atom stereocenters. The van der Waals surface area contributed by atoms with E-state index in [1.165, 1.54) is 12.1 Å². The van der Waals surface area contributed by atoms with Gasteiger partial charge in [0.1, 0.15) is 5.82 Å². The van der Waals surface area contributed by atoms with Crippen molar-refractivity contribution in [3.05, 3.63) is 62.8 Å². The number of H-pyrrole nitrogens is 2. The number of carbonyl (C=O) groups excluding carboxylic acids is 1. The van der Waals surface area contributed by atoms with Crippen molar-refractivity contribution >= 4 is 16.8 Å². The van der Waals surface area contributed by atoms with Gasteiger partial charge in [-0.15, -0.1) is 0 Å². The maximum Gasteiger partial charge on any atom is 0.251 e. The van der Waals surface area contributed by atoms with Gasteiger partial charge in [-0.1, -0.05) is 33.8 Å². The Labute approximate surface area is 170 Å². The van der Waals surface area contributed by atoms with Gasteiger partial charge >= 0.3 is 0 Å². The number of rotatable bonds is 4. The number of aromatic amines is 2. The van der Waals surface area contributed by atoms with E-state index in [1.54, 1.807) is 6.07 Å². The molecule has 4 N–H and O–H groups in total. The molecule has 2 heterocycles. The number of benzene rings is 1. The van der Waals surface area contributed by atoms with Crippen LogP contribution in [0, 0.1) is 19.7 Å². The van der Waals surface area contributed by atoms with E-state index in [-0.39, 0.29) is 17.3 Å². The minimum atomic E-state index is -0.552. The fourth-order valence-corrected chi connectivity index (χ4v) is 3.02. The zero-order chi connectivity index (χ0) is 22.1. The molecule has 0 radical (unpaired) electrons. The minimum absolute atomic E-state index is 0.0825. The number of carbonyl (C=O) groups is 1. The number of fused-ring (bicyclic) bond motifs is 1. The lowest BCUT2D eigenvalue weighted by atomic mass is 10.0. The largest absolute Gasteiger partial charge is 0.494 e. The quantitative estimate of drug-likeness (QED) is 0.521. The lowest BCUT2D eigenvalue weighted by molar-refractivity contribution is 0.0953. The number of amides is 1. The summed E-state index contributed by atoms with van der Waals surface area (Å²) >= 11 is 0. The summed E-state index contributed by atoms with van der Waals surface area (Å²) in [6.45, 7) is 12.1. The molecule has 2 aromatic heterocycles. The summed E-state index contributed by atoms with van der Waals surface area (Å²) in [5, 5.41) is 12.9. The molecule has 0 aliphatic heterocycles. The molecule has 0 spiro atoms. The van der Waals surface area contributed by atoms with Crippen LogP contribution < -0.4 is 10.9 Å². The van der Waals surface area contributed by atoms with Crippen molar-refractivity contribution in [3.63, 3.8) is 0 Å². The first-order chi connectivity index (χ1) is 13.9. The highest BCUT2D eigenvalue weighted by Gasteiger charge is 2.14. The van der Waals surface area contributed by atoms with E-state index < -0.39 is 11.5 Å². The van der Waals surface area contributed by atoms with E-state index in [0.29, 0.717) is 18.5 Å². The monoisotopic (exact) mass is 403 g/mol. The van der Waals surface area contributed by atoms with Crippen molar-refractivity contribution in [2.24, 2.45) is 0 Å². The molecule has 0 fully saturated rings. The molecule has 0 bridgehead atoms. The fraction of sp³-hybridized carbons (Fsp3) is 0.364. The second kappa shape index (κ2) is 11.0. The topological polar surface area (TPSA) is 98.0 Å². The third kappa shape index (κ3) is 5.70. The number of aryl methyl sites for hydroxylation is 2. The summed E-state index contributed by atoms with van der Waals surface area (Å²) in [4.78, 5) is 28.6. The number of aromatic nitrogens is 2. The van der Waals surface area contributed by atoms with Crippen molar-refractivity contribution < 1.29 is 14.3 Å². The standard InChI is InChI=1S/C18H18FN3O3.2C2H6/c1-9-3-4-13(19)17-16(9)12(10(2)21-17)5-6-20-18(25)11-7-14(23)22-15(24)8-11;2*1-2/h3-4,7-8,21H,5-6H2,1-2H3,(H,20,25)(H2,22,23,24);2*1-2H3. The van der Waals surface area contributed by atoms with Crippen LogP contribution in [0.4, 0.5) is 4.39 Å². The molecule has 6 nitrogen and oxygen atoms in total. The average molecular weight is 403 g/mol. The van der Waals surface area contributed by atoms with Gasteiger partial charge in [0.15, 0.2) is 5.88 Å². The highest BCUT2D eigenvalue weighted by atomic mass is 19.1. The van der Waals surface area contributed by atoms with Crippen molar-refractivity contribution in [1.82, 2.24) is 15.3 Å². The average Bonchev–Trinajstić information content (AvgIpc) is 3.05. The second-order valence-corrected chi connectivity index (χ2v) is 5.97. The zero-order valence-corrected chi connectivity index (χ0v) is 17.9. The molecule has 158 valence electrons. The first kappa shape index (κ1) is 23.9. The number of aromatic hydroxyl groups is 1. The molecular weight excluding hydrogens is 373 g/mol. The molecule has 0 saturated heterocycles. The lowest BCUT2D eigenvalue weighted by Gasteiger charge is -2.07. The van der Waals surface area contributed by atoms with Crippen LogP contribution in [0.25, 0.3) is 10.9 Å². The van der Waals surface area contributed by atoms with Crippen molar-refractivity contribution in [1.29, 1.82) is 0 Å². The van der Waals surface area contributed by atoms with Gasteiger partial charge in [-0.05, 0) is 37.5 Å². The SMILES string of the molecule is CC.CC.Cc1[nH]c2c(F)ccc(C)c2c1CCNC(=O)c1cc(O)[nH]c(=O)c1. The van der Waals surface area contributed by atoms with Crippen LogP contribution in [0.15, 0.2) is 29.1 Å². The van der Waals surface area contributed by atoms with Crippen molar-refractivity contribution in [2.45, 2.75) is 48.0 Å². The molecular formula is C22H30FN3O3. The third-order valence-corrected chi connectivity index (χ3v) is 4.18. The Morgan fingerprint density at radius 2 is 1.76 bits per heavy atom. The Hall–Kier alpha value is -3.09. The molecule has 0 aliphatic carbocycles. The molecule has 7 heteroatoms. The Morgan fingerprint density at radius 3 is 2.38 bits per heavy atom. The summed E-state index contributed by atoms with van der Waals surface area (Å²) in [5.41, 5.74) is 2.76. The van der Waals surface area contributed by atoms with E-state index in [2.05, 4.69) is 15.3 Å². The van der Waals surface area contributed by atoms with Crippen LogP contribution in [0.5, 0.6) is 5.88 Å². The van der Waals surface area contributed by atoms with Gasteiger partial charge in [0.25, 0.3) is 11.5 Å². The molecule has 1 amide bonds. The molecule has 0 aliphatic rings. The Kier molecular flexibility index (Phi) is 9.12. The Bertz CT molecular complexity index is 1020. The van der Waals surface area contributed by atoms with Gasteiger partial charge in [-0.3, -0.25) is 14.6 Å². The molecule has 3 aromatic rings. The maximum absolute atomic E-state index is 13.9. The van der Waals surface area contributed by atoms with Gasteiger partial charge in [0, 0.05) is 29.8 Å². The van der Waals surface area contributed by atoms with Crippen molar-refractivity contribution in [3.8, 4) is 5.88 Å². The first-order valence-electron chi connectivity index (χ1n) is 9.84. The van der Waals surface area contributed by atoms with Gasteiger partial charge in [-0.2, -0.15) is 0 Å². The van der Waals surface area contributed by atoms with Crippen LogP contribution in [0.3, 0.4) is 0 Å². The Morgan fingerprint density at radius 1 is 1.10 bits per heavy atom. The summed E-state index contributed by atoms with van der Waals surface area (Å²) in [7, 11) is 0. The predicted octanol–water partition coefficient (Wildman–Crippen LogP) is 4.34. The van der Waals surface area contributed by atoms with Gasteiger partial charge < -0.3 is 15.4 Å². The maximum atomic E-state index is 13.9. The minimum Gasteiger partial charge on any atom is -0.494 e. The summed E-state index contributed by atoms with van der Waals surface area (Å²) < 4.78 is 13.9. The Balaban J connectivity index is 0.000000989.